The van der Waals surface area contributed by atoms with Crippen LogP contribution in [0, 0.1) is 11.8 Å². The molecule has 4 unspecified atom stereocenters. The van der Waals surface area contributed by atoms with Crippen LogP contribution < -0.4 is 21.3 Å². The molecule has 1 saturated heterocycles. The van der Waals surface area contributed by atoms with Crippen LogP contribution in [0.25, 0.3) is 10.9 Å². The molecule has 0 aliphatic carbocycles. The molecular weight excluding hydrogens is 474 g/mol. The zero-order valence-electron chi connectivity index (χ0n) is 22.0. The van der Waals surface area contributed by atoms with Gasteiger partial charge in [0.1, 0.15) is 18.1 Å². The molecule has 6 N–H and O–H groups in total. The Bertz CT molecular complexity index is 1110. The van der Waals surface area contributed by atoms with Gasteiger partial charge in [-0.2, -0.15) is 0 Å². The second kappa shape index (κ2) is 12.7. The van der Waals surface area contributed by atoms with E-state index in [0.717, 1.165) is 29.4 Å². The molecule has 3 rings (SSSR count). The summed E-state index contributed by atoms with van der Waals surface area (Å²) in [6.07, 6.45) is 3.94. The molecule has 1 aliphatic rings. The first-order chi connectivity index (χ1) is 17.6. The van der Waals surface area contributed by atoms with Crippen LogP contribution in [0.15, 0.2) is 30.5 Å². The Morgan fingerprint density at radius 1 is 1.00 bits per heavy atom. The van der Waals surface area contributed by atoms with Crippen LogP contribution in [0.5, 0.6) is 0 Å². The first-order valence-electron chi connectivity index (χ1n) is 13.0. The number of aliphatic carboxylic acids is 1. The zero-order valence-corrected chi connectivity index (χ0v) is 22.0. The van der Waals surface area contributed by atoms with Gasteiger partial charge in [0.15, 0.2) is 0 Å². The average molecular weight is 514 g/mol. The summed E-state index contributed by atoms with van der Waals surface area (Å²) in [4.78, 5) is 54.4. The fourth-order valence-electron chi connectivity index (χ4n) is 4.65. The minimum atomic E-state index is -1.14. The van der Waals surface area contributed by atoms with Crippen molar-refractivity contribution in [3.63, 3.8) is 0 Å². The smallest absolute Gasteiger partial charge is 0.326 e. The number of amides is 3. The van der Waals surface area contributed by atoms with Crippen molar-refractivity contribution in [2.75, 3.05) is 6.54 Å². The van der Waals surface area contributed by atoms with Crippen LogP contribution in [-0.2, 0) is 25.6 Å². The molecule has 0 radical (unpaired) electrons. The van der Waals surface area contributed by atoms with Gasteiger partial charge in [0.2, 0.25) is 17.7 Å². The number of hydrogen-bond donors (Lipinski definition) is 6. The molecule has 1 aliphatic heterocycles. The van der Waals surface area contributed by atoms with Crippen LogP contribution in [0.4, 0.5) is 0 Å². The highest BCUT2D eigenvalue weighted by Gasteiger charge is 2.33. The van der Waals surface area contributed by atoms with Gasteiger partial charge in [-0.15, -0.1) is 0 Å². The van der Waals surface area contributed by atoms with Gasteiger partial charge >= 0.3 is 5.97 Å². The first-order valence-corrected chi connectivity index (χ1v) is 13.0. The number of aromatic amines is 1. The summed E-state index contributed by atoms with van der Waals surface area (Å²) in [7, 11) is 0. The number of para-hydroxylation sites is 1. The average Bonchev–Trinajstić information content (AvgIpc) is 3.51. The lowest BCUT2D eigenvalue weighted by Gasteiger charge is -2.26. The second-order valence-electron chi connectivity index (χ2n) is 10.5. The molecule has 3 amide bonds. The fourth-order valence-corrected chi connectivity index (χ4v) is 4.65. The third-order valence-electron chi connectivity index (χ3n) is 6.68. The lowest BCUT2D eigenvalue weighted by atomic mass is 9.99. The molecule has 10 heteroatoms. The molecule has 1 fully saturated rings. The van der Waals surface area contributed by atoms with E-state index >= 15 is 0 Å². The van der Waals surface area contributed by atoms with Crippen molar-refractivity contribution in [1.29, 1.82) is 0 Å². The van der Waals surface area contributed by atoms with Gasteiger partial charge in [-0.3, -0.25) is 14.4 Å². The van der Waals surface area contributed by atoms with Crippen molar-refractivity contribution < 1.29 is 24.3 Å². The number of aromatic nitrogens is 1. The number of hydrogen-bond acceptors (Lipinski definition) is 5. The number of nitrogens with one attached hydrogen (secondary N) is 5. The quantitative estimate of drug-likeness (QED) is 0.254. The van der Waals surface area contributed by atoms with Gasteiger partial charge < -0.3 is 31.4 Å². The highest BCUT2D eigenvalue weighted by molar-refractivity contribution is 5.95. The Hall–Kier alpha value is -3.40. The standard InChI is InChI=1S/C27H39N5O5/c1-15(2)12-21(30-24(33)20-10-7-11-28-20)25(34)31-22(26(35)32-23(16(3)4)27(36)37)13-17-14-29-19-9-6-5-8-18(17)19/h5-6,8-9,14-16,20-23,28-29H,7,10-13H2,1-4H3,(H,30,33)(H,31,34)(H,32,35)(H,36,37). The number of carboxylic acid groups (broad SMARTS) is 1. The molecule has 2 heterocycles. The van der Waals surface area contributed by atoms with Gasteiger partial charge in [-0.1, -0.05) is 45.9 Å². The van der Waals surface area contributed by atoms with E-state index in [1.54, 1.807) is 20.0 Å². The number of H-pyrrole nitrogens is 1. The van der Waals surface area contributed by atoms with Crippen LogP contribution in [0.3, 0.4) is 0 Å². The fraction of sp³-hybridized carbons (Fsp3) is 0.556. The Morgan fingerprint density at radius 3 is 2.32 bits per heavy atom. The van der Waals surface area contributed by atoms with Crippen molar-refractivity contribution in [3.05, 3.63) is 36.0 Å². The summed E-state index contributed by atoms with van der Waals surface area (Å²) in [5.41, 5.74) is 1.70. The molecule has 1 aromatic heterocycles. The minimum absolute atomic E-state index is 0.116. The predicted octanol–water partition coefficient (Wildman–Crippen LogP) is 1.70. The lowest BCUT2D eigenvalue weighted by molar-refractivity contribution is -0.143. The predicted molar refractivity (Wildman–Crippen MR) is 141 cm³/mol. The summed E-state index contributed by atoms with van der Waals surface area (Å²) < 4.78 is 0. The summed E-state index contributed by atoms with van der Waals surface area (Å²) >= 11 is 0. The maximum absolute atomic E-state index is 13.4. The monoisotopic (exact) mass is 513 g/mol. The first kappa shape index (κ1) is 28.2. The normalized spacial score (nSPS) is 17.9. The molecule has 202 valence electrons. The van der Waals surface area contributed by atoms with Crippen LogP contribution in [0.1, 0.15) is 52.5 Å². The van der Waals surface area contributed by atoms with Crippen molar-refractivity contribution in [1.82, 2.24) is 26.3 Å². The molecule has 4 atom stereocenters. The molecule has 2 aromatic rings. The third kappa shape index (κ3) is 7.55. The zero-order chi connectivity index (χ0) is 27.1. The molecule has 0 saturated carbocycles. The van der Waals surface area contributed by atoms with Crippen LogP contribution in [0.2, 0.25) is 0 Å². The molecule has 1 aromatic carbocycles. The van der Waals surface area contributed by atoms with E-state index in [1.807, 2.05) is 38.1 Å². The molecule has 10 nitrogen and oxygen atoms in total. The number of carbonyl (C=O) groups is 4. The van der Waals surface area contributed by atoms with Crippen LogP contribution >= 0.6 is 0 Å². The van der Waals surface area contributed by atoms with Gasteiger partial charge in [-0.25, -0.2) is 4.79 Å². The summed E-state index contributed by atoms with van der Waals surface area (Å²) in [6.45, 7) is 8.08. The Morgan fingerprint density at radius 2 is 1.70 bits per heavy atom. The van der Waals surface area contributed by atoms with Crippen molar-refractivity contribution in [2.45, 2.75) is 77.5 Å². The van der Waals surface area contributed by atoms with Gasteiger partial charge in [0.05, 0.1) is 6.04 Å². The Kier molecular flexibility index (Phi) is 9.68. The topological polar surface area (TPSA) is 152 Å². The van der Waals surface area contributed by atoms with E-state index in [2.05, 4.69) is 26.3 Å². The van der Waals surface area contributed by atoms with Crippen molar-refractivity contribution in [2.24, 2.45) is 11.8 Å². The number of carbonyl (C=O) groups excluding carboxylic acids is 3. The molecule has 0 bridgehead atoms. The van der Waals surface area contributed by atoms with E-state index in [-0.39, 0.29) is 30.2 Å². The maximum Gasteiger partial charge on any atom is 0.326 e. The van der Waals surface area contributed by atoms with E-state index in [0.29, 0.717) is 12.8 Å². The minimum Gasteiger partial charge on any atom is -0.480 e. The van der Waals surface area contributed by atoms with Crippen molar-refractivity contribution >= 4 is 34.6 Å². The van der Waals surface area contributed by atoms with E-state index in [4.69, 9.17) is 0 Å². The molecular formula is C27H39N5O5. The Balaban J connectivity index is 1.83. The largest absolute Gasteiger partial charge is 0.480 e. The highest BCUT2D eigenvalue weighted by atomic mass is 16.4. The number of carboxylic acids is 1. The van der Waals surface area contributed by atoms with E-state index in [1.165, 1.54) is 0 Å². The van der Waals surface area contributed by atoms with E-state index < -0.39 is 35.9 Å². The SMILES string of the molecule is CC(C)CC(NC(=O)C1CCCN1)C(=O)NC(Cc1c[nH]c2ccccc12)C(=O)NC(C(=O)O)C(C)C. The Labute approximate surface area is 217 Å². The van der Waals surface area contributed by atoms with Crippen molar-refractivity contribution in [3.8, 4) is 0 Å². The number of fused-ring (bicyclic) bond motifs is 1. The summed E-state index contributed by atoms with van der Waals surface area (Å²) in [6, 6.07) is 4.31. The molecule has 0 spiro atoms. The van der Waals surface area contributed by atoms with Crippen LogP contribution in [-0.4, -0.2) is 64.5 Å². The number of rotatable bonds is 12. The third-order valence-corrected chi connectivity index (χ3v) is 6.68. The van der Waals surface area contributed by atoms with Gasteiger partial charge in [-0.05, 0) is 49.3 Å². The van der Waals surface area contributed by atoms with Gasteiger partial charge in [0, 0.05) is 23.5 Å². The maximum atomic E-state index is 13.4. The lowest BCUT2D eigenvalue weighted by Crippen LogP contribution is -2.58. The summed E-state index contributed by atoms with van der Waals surface area (Å²) in [5, 5.41) is 21.9. The summed E-state index contributed by atoms with van der Waals surface area (Å²) in [5.74, 6) is -2.68. The van der Waals surface area contributed by atoms with E-state index in [9.17, 15) is 24.3 Å². The second-order valence-corrected chi connectivity index (χ2v) is 10.5. The van der Waals surface area contributed by atoms with Gasteiger partial charge in [0.25, 0.3) is 0 Å². The highest BCUT2D eigenvalue weighted by Crippen LogP contribution is 2.20. The molecule has 37 heavy (non-hydrogen) atoms. The number of benzene rings is 1.